The van der Waals surface area contributed by atoms with Gasteiger partial charge in [0, 0.05) is 28.8 Å². The number of ether oxygens (including phenoxy) is 1. The largest absolute Gasteiger partial charge is 0.737 e. The van der Waals surface area contributed by atoms with Gasteiger partial charge in [0.2, 0.25) is 0 Å². The van der Waals surface area contributed by atoms with E-state index in [1.54, 1.807) is 31.4 Å². The predicted molar refractivity (Wildman–Crippen MR) is 109 cm³/mol. The second-order valence-electron chi connectivity index (χ2n) is 6.67. The molecule has 0 unspecified atom stereocenters. The zero-order valence-electron chi connectivity index (χ0n) is 15.3. The van der Waals surface area contributed by atoms with Crippen LogP contribution in [0.2, 0.25) is 0 Å². The highest BCUT2D eigenvalue weighted by Crippen LogP contribution is 2.41. The van der Waals surface area contributed by atoms with Gasteiger partial charge in [-0.25, -0.2) is 4.98 Å². The molecule has 2 aliphatic rings. The maximum atomic E-state index is 15.0. The predicted octanol–water partition coefficient (Wildman–Crippen LogP) is 4.42. The summed E-state index contributed by atoms with van der Waals surface area (Å²) in [6, 6.07) is 11.1. The molecule has 28 heavy (non-hydrogen) atoms. The molecule has 4 nitrogen and oxygen atoms in total. The lowest BCUT2D eigenvalue weighted by atomic mass is 9.86. The van der Waals surface area contributed by atoms with E-state index in [1.807, 2.05) is 30.5 Å². The van der Waals surface area contributed by atoms with Crippen LogP contribution in [0.4, 0.5) is 8.63 Å². The summed E-state index contributed by atoms with van der Waals surface area (Å²) in [7, 11) is 1.62. The van der Waals surface area contributed by atoms with Crippen LogP contribution in [0.5, 0.6) is 5.75 Å². The second-order valence-corrected chi connectivity index (χ2v) is 7.46. The Morgan fingerprint density at radius 2 is 2.07 bits per heavy atom. The Morgan fingerprint density at radius 3 is 2.86 bits per heavy atom. The van der Waals surface area contributed by atoms with E-state index in [0.717, 1.165) is 41.8 Å². The van der Waals surface area contributed by atoms with Crippen molar-refractivity contribution in [2.75, 3.05) is 13.4 Å². The molecule has 0 spiro atoms. The summed E-state index contributed by atoms with van der Waals surface area (Å²) < 4.78 is 37.5. The molecule has 0 saturated carbocycles. The second kappa shape index (κ2) is 6.07. The summed E-state index contributed by atoms with van der Waals surface area (Å²) in [5.41, 5.74) is 3.42. The van der Waals surface area contributed by atoms with Crippen LogP contribution in [0.25, 0.3) is 16.5 Å². The Balaban J connectivity index is 1.84. The zero-order chi connectivity index (χ0) is 19.5. The van der Waals surface area contributed by atoms with Gasteiger partial charge in [0.05, 0.1) is 18.2 Å². The van der Waals surface area contributed by atoms with Crippen LogP contribution in [0.15, 0.2) is 65.5 Å². The van der Waals surface area contributed by atoms with Crippen molar-refractivity contribution in [2.45, 2.75) is 5.03 Å². The van der Waals surface area contributed by atoms with Gasteiger partial charge < -0.3 is 22.3 Å². The number of benzene rings is 1. The number of fused-ring (bicyclic) bond motifs is 3. The molecule has 140 valence electrons. The number of halogens is 2. The smallest absolute Gasteiger partial charge is 0.497 e. The summed E-state index contributed by atoms with van der Waals surface area (Å²) in [6.07, 6.45) is 8.22. The summed E-state index contributed by atoms with van der Waals surface area (Å²) in [6.45, 7) is -3.91. The third-order valence-corrected chi connectivity index (χ3v) is 5.89. The summed E-state index contributed by atoms with van der Waals surface area (Å²) in [5, 5.41) is 1.70. The summed E-state index contributed by atoms with van der Waals surface area (Å²) >= 11 is 1.50. The van der Waals surface area contributed by atoms with Gasteiger partial charge in [-0.2, -0.15) is 0 Å². The standard InChI is InChI=1S/C20H16BF2N3OS/c1-27-14-7-8-16-13(11-14)12-15(20(24-16)28-2)19-17-5-3-9-25(17)21(22,23)26-10-4-6-18(19)26/h3-12H,1-2H3. The van der Waals surface area contributed by atoms with Crippen LogP contribution in [0, 0.1) is 0 Å². The third kappa shape index (κ3) is 2.30. The molecule has 2 aromatic heterocycles. The minimum atomic E-state index is -3.91. The van der Waals surface area contributed by atoms with Crippen LogP contribution in [0.1, 0.15) is 11.3 Å². The molecule has 0 N–H and O–H groups in total. The fourth-order valence-electron chi connectivity index (χ4n) is 3.89. The summed E-state index contributed by atoms with van der Waals surface area (Å²) in [4.78, 5) is 4.78. The van der Waals surface area contributed by atoms with Gasteiger partial charge in [-0.15, -0.1) is 11.8 Å². The molecule has 5 rings (SSSR count). The topological polar surface area (TPSA) is 30.1 Å². The average Bonchev–Trinajstić information content (AvgIpc) is 3.38. The Bertz CT molecular complexity index is 1230. The van der Waals surface area contributed by atoms with E-state index < -0.39 is 6.97 Å². The third-order valence-electron chi connectivity index (χ3n) is 5.19. The summed E-state index contributed by atoms with van der Waals surface area (Å²) in [5.74, 6) is 0.729. The van der Waals surface area contributed by atoms with Crippen molar-refractivity contribution in [3.63, 3.8) is 0 Å². The fourth-order valence-corrected chi connectivity index (χ4v) is 4.46. The molecule has 0 saturated heterocycles. The van der Waals surface area contributed by atoms with Crippen LogP contribution in [-0.2, 0) is 0 Å². The average molecular weight is 395 g/mol. The van der Waals surface area contributed by atoms with Gasteiger partial charge in [-0.3, -0.25) is 0 Å². The Kier molecular flexibility index (Phi) is 3.74. The van der Waals surface area contributed by atoms with Crippen LogP contribution in [0.3, 0.4) is 0 Å². The van der Waals surface area contributed by atoms with Crippen molar-refractivity contribution >= 4 is 41.4 Å². The number of pyridine rings is 1. The van der Waals surface area contributed by atoms with Gasteiger partial charge in [-0.1, -0.05) is 0 Å². The number of nitrogens with zero attached hydrogens (tertiary/aromatic N) is 3. The van der Waals surface area contributed by atoms with Crippen LogP contribution >= 0.6 is 11.8 Å². The molecular weight excluding hydrogens is 379 g/mol. The molecule has 3 aromatic rings. The molecule has 1 aromatic carbocycles. The first-order valence-corrected chi connectivity index (χ1v) is 10.0. The molecule has 0 amide bonds. The number of hydrogen-bond donors (Lipinski definition) is 0. The van der Waals surface area contributed by atoms with E-state index in [9.17, 15) is 0 Å². The highest BCUT2D eigenvalue weighted by molar-refractivity contribution is 7.98. The SMILES string of the molecule is COc1ccc2nc(SC)c(C3=C4C=CC=[N+]4[B-](F)(F)n4cccc43)cc2c1. The van der Waals surface area contributed by atoms with E-state index >= 15 is 8.63 Å². The number of aromatic nitrogens is 2. The molecular formula is C20H16BF2N3OS. The van der Waals surface area contributed by atoms with Crippen molar-refractivity contribution in [1.82, 2.24) is 9.46 Å². The minimum Gasteiger partial charge on any atom is -0.497 e. The van der Waals surface area contributed by atoms with E-state index in [-0.39, 0.29) is 0 Å². The number of allylic oxidation sites excluding steroid dienone is 2. The van der Waals surface area contributed by atoms with Gasteiger partial charge in [0.15, 0.2) is 5.70 Å². The minimum absolute atomic E-state index is 0.496. The van der Waals surface area contributed by atoms with E-state index in [2.05, 4.69) is 0 Å². The van der Waals surface area contributed by atoms with E-state index in [1.165, 1.54) is 24.2 Å². The lowest BCUT2D eigenvalue weighted by molar-refractivity contribution is -0.356. The Labute approximate surface area is 164 Å². The maximum absolute atomic E-state index is 15.0. The Morgan fingerprint density at radius 1 is 1.21 bits per heavy atom. The van der Waals surface area contributed by atoms with Crippen molar-refractivity contribution < 1.29 is 17.9 Å². The van der Waals surface area contributed by atoms with Crippen LogP contribution in [-0.4, -0.2) is 40.5 Å². The maximum Gasteiger partial charge on any atom is 0.737 e. The van der Waals surface area contributed by atoms with Gasteiger partial charge in [0.25, 0.3) is 0 Å². The first-order valence-electron chi connectivity index (χ1n) is 8.81. The molecule has 0 bridgehead atoms. The number of rotatable bonds is 3. The Hall–Kier alpha value is -2.87. The lowest BCUT2D eigenvalue weighted by Crippen LogP contribution is -2.49. The molecule has 0 fully saturated rings. The highest BCUT2D eigenvalue weighted by atomic mass is 32.2. The first kappa shape index (κ1) is 17.2. The normalized spacial score (nSPS) is 16.9. The van der Waals surface area contributed by atoms with Crippen LogP contribution < -0.4 is 4.74 Å². The molecule has 0 radical (unpaired) electrons. The molecule has 4 heterocycles. The van der Waals surface area contributed by atoms with Gasteiger partial charge >= 0.3 is 6.97 Å². The number of hydrogen-bond acceptors (Lipinski definition) is 3. The quantitative estimate of drug-likeness (QED) is 0.486. The van der Waals surface area contributed by atoms with Gasteiger partial charge in [-0.05, 0) is 48.9 Å². The molecule has 0 aliphatic carbocycles. The monoisotopic (exact) mass is 395 g/mol. The molecule has 8 heteroatoms. The van der Waals surface area contributed by atoms with Gasteiger partial charge in [0.1, 0.15) is 17.0 Å². The van der Waals surface area contributed by atoms with E-state index in [4.69, 9.17) is 9.72 Å². The van der Waals surface area contributed by atoms with Crippen molar-refractivity contribution in [3.8, 4) is 5.75 Å². The van der Waals surface area contributed by atoms with Crippen molar-refractivity contribution in [2.24, 2.45) is 0 Å². The van der Waals surface area contributed by atoms with E-state index in [0.29, 0.717) is 11.4 Å². The fraction of sp³-hybridized carbons (Fsp3) is 0.100. The highest BCUT2D eigenvalue weighted by Gasteiger charge is 2.51. The first-order chi connectivity index (χ1) is 13.5. The van der Waals surface area contributed by atoms with Crippen molar-refractivity contribution in [3.05, 3.63) is 71.7 Å². The number of thioether (sulfide) groups is 1. The zero-order valence-corrected chi connectivity index (χ0v) is 16.1. The van der Waals surface area contributed by atoms with Crippen molar-refractivity contribution in [1.29, 1.82) is 0 Å². The number of methoxy groups -OCH3 is 1. The molecule has 0 atom stereocenters. The lowest BCUT2D eigenvalue weighted by Gasteiger charge is -2.31. The molecule has 2 aliphatic heterocycles.